The molecule has 0 radical (unpaired) electrons. The van der Waals surface area contributed by atoms with E-state index in [0.717, 1.165) is 96.3 Å². The smallest absolute Gasteiger partial charge is 0.220 e. The van der Waals surface area contributed by atoms with Crippen LogP contribution in [0.2, 0.25) is 0 Å². The predicted octanol–water partition coefficient (Wildman–Crippen LogP) is 5.98. The quantitative estimate of drug-likeness (QED) is 0.0264. The van der Waals surface area contributed by atoms with Crippen molar-refractivity contribution in [1.82, 2.24) is 5.32 Å². The van der Waals surface area contributed by atoms with Crippen LogP contribution in [0.3, 0.4) is 0 Å². The molecule has 0 aromatic heterocycles. The van der Waals surface area contributed by atoms with Crippen molar-refractivity contribution in [3.05, 3.63) is 97.2 Å². The van der Waals surface area contributed by atoms with Crippen LogP contribution in [0, 0.1) is 0 Å². The summed E-state index contributed by atoms with van der Waals surface area (Å²) in [6.07, 6.45) is 33.5. The number of carbonyl (C=O) groups excluding carboxylic acids is 1. The molecule has 2 heterocycles. The third-order valence-electron chi connectivity index (χ3n) is 11.2. The van der Waals surface area contributed by atoms with Gasteiger partial charge in [-0.2, -0.15) is 0 Å². The third-order valence-corrected chi connectivity index (χ3v) is 11.2. The molecule has 0 saturated carbocycles. The summed E-state index contributed by atoms with van der Waals surface area (Å²) in [6.45, 7) is 2.48. The van der Waals surface area contributed by atoms with Gasteiger partial charge >= 0.3 is 0 Å². The number of hydrogen-bond acceptors (Lipinski definition) is 13. The molecule has 66 heavy (non-hydrogen) atoms. The van der Waals surface area contributed by atoms with E-state index in [1.165, 1.54) is 0 Å². The summed E-state index contributed by atoms with van der Waals surface area (Å²) in [4.78, 5) is 13.1. The Kier molecular flexibility index (Phi) is 33.8. The van der Waals surface area contributed by atoms with Crippen LogP contribution in [0.15, 0.2) is 97.2 Å². The van der Waals surface area contributed by atoms with E-state index in [9.17, 15) is 45.6 Å². The average Bonchev–Trinajstić information content (AvgIpc) is 3.31. The van der Waals surface area contributed by atoms with E-state index in [1.54, 1.807) is 6.08 Å². The van der Waals surface area contributed by atoms with Crippen molar-refractivity contribution < 1.29 is 64.6 Å². The fraction of sp³-hybridized carbons (Fsp3) is 0.673. The molecule has 2 rings (SSSR count). The van der Waals surface area contributed by atoms with Gasteiger partial charge < -0.3 is 65.1 Å². The highest BCUT2D eigenvalue weighted by molar-refractivity contribution is 5.76. The van der Waals surface area contributed by atoms with Gasteiger partial charge in [0, 0.05) is 6.42 Å². The van der Waals surface area contributed by atoms with Gasteiger partial charge in [-0.3, -0.25) is 4.79 Å². The molecule has 2 saturated heterocycles. The topological polar surface area (TPSA) is 228 Å². The summed E-state index contributed by atoms with van der Waals surface area (Å²) in [5, 5.41) is 86.3. The summed E-state index contributed by atoms with van der Waals surface area (Å²) in [5.74, 6) is -0.275. The van der Waals surface area contributed by atoms with Crippen LogP contribution in [0.4, 0.5) is 0 Å². The normalized spacial score (nSPS) is 27.7. The maximum atomic E-state index is 13.1. The summed E-state index contributed by atoms with van der Waals surface area (Å²) in [5.41, 5.74) is 0. The second-order valence-corrected chi connectivity index (χ2v) is 16.8. The monoisotopic (exact) mass is 932 g/mol. The Morgan fingerprint density at radius 1 is 0.561 bits per heavy atom. The SMILES string of the molecule is CC/C=C\C/C=C\C/C=C\C/C=C\C/C=C\C/C=C\CCCCCCCCC(=O)NC(COC1OC(CO)C(OC2OC(CO)C(O)C(O)C2O)C(O)C1O)C(O)/C=C/CC/C=C/CCC. The Balaban J connectivity index is 1.75. The first kappa shape index (κ1) is 59.0. The van der Waals surface area contributed by atoms with Gasteiger partial charge in [0.25, 0.3) is 0 Å². The zero-order valence-electron chi connectivity index (χ0n) is 39.6. The van der Waals surface area contributed by atoms with E-state index in [1.807, 2.05) is 6.08 Å². The molecule has 0 bridgehead atoms. The lowest BCUT2D eigenvalue weighted by atomic mass is 9.97. The molecule has 12 atom stereocenters. The van der Waals surface area contributed by atoms with Gasteiger partial charge in [-0.25, -0.2) is 0 Å². The second kappa shape index (κ2) is 37.8. The van der Waals surface area contributed by atoms with Gasteiger partial charge in [-0.1, -0.05) is 143 Å². The van der Waals surface area contributed by atoms with Crippen LogP contribution in [-0.4, -0.2) is 140 Å². The average molecular weight is 932 g/mol. The van der Waals surface area contributed by atoms with E-state index >= 15 is 0 Å². The van der Waals surface area contributed by atoms with Gasteiger partial charge in [0.2, 0.25) is 5.91 Å². The van der Waals surface area contributed by atoms with Crippen LogP contribution in [0.5, 0.6) is 0 Å². The van der Waals surface area contributed by atoms with Crippen molar-refractivity contribution >= 4 is 5.91 Å². The Labute approximate surface area is 394 Å². The van der Waals surface area contributed by atoms with Crippen molar-refractivity contribution in [3.8, 4) is 0 Å². The molecule has 0 aromatic rings. The van der Waals surface area contributed by atoms with Crippen LogP contribution >= 0.6 is 0 Å². The molecule has 12 unspecified atom stereocenters. The van der Waals surface area contributed by atoms with Crippen LogP contribution in [0.1, 0.15) is 129 Å². The molecule has 14 heteroatoms. The molecule has 1 amide bonds. The summed E-state index contributed by atoms with van der Waals surface area (Å²) in [6, 6.07) is -0.943. The van der Waals surface area contributed by atoms with Crippen molar-refractivity contribution in [3.63, 3.8) is 0 Å². The second-order valence-electron chi connectivity index (χ2n) is 16.8. The molecule has 0 aromatic carbocycles. The first-order valence-corrected chi connectivity index (χ1v) is 24.5. The molecule has 2 aliphatic heterocycles. The number of carbonyl (C=O) groups is 1. The molecule has 9 N–H and O–H groups in total. The number of ether oxygens (including phenoxy) is 4. The van der Waals surface area contributed by atoms with Gasteiger partial charge in [0.15, 0.2) is 12.6 Å². The molecule has 14 nitrogen and oxygen atoms in total. The lowest BCUT2D eigenvalue weighted by Crippen LogP contribution is -2.65. The van der Waals surface area contributed by atoms with Crippen molar-refractivity contribution in [1.29, 1.82) is 0 Å². The number of hydrogen-bond donors (Lipinski definition) is 9. The Morgan fingerprint density at radius 2 is 1.06 bits per heavy atom. The van der Waals surface area contributed by atoms with Crippen LogP contribution < -0.4 is 5.32 Å². The van der Waals surface area contributed by atoms with Crippen molar-refractivity contribution in [2.45, 2.75) is 203 Å². The van der Waals surface area contributed by atoms with Crippen molar-refractivity contribution in [2.75, 3.05) is 19.8 Å². The van der Waals surface area contributed by atoms with Crippen molar-refractivity contribution in [2.24, 2.45) is 0 Å². The summed E-state index contributed by atoms with van der Waals surface area (Å²) < 4.78 is 22.5. The highest BCUT2D eigenvalue weighted by atomic mass is 16.7. The number of allylic oxidation sites excluding steroid dienone is 15. The summed E-state index contributed by atoms with van der Waals surface area (Å²) in [7, 11) is 0. The third kappa shape index (κ3) is 24.8. The zero-order chi connectivity index (χ0) is 48.2. The van der Waals surface area contributed by atoms with E-state index in [0.29, 0.717) is 12.8 Å². The fourth-order valence-electron chi connectivity index (χ4n) is 7.26. The lowest BCUT2D eigenvalue weighted by molar-refractivity contribution is -0.359. The highest BCUT2D eigenvalue weighted by Crippen LogP contribution is 2.30. The predicted molar refractivity (Wildman–Crippen MR) is 258 cm³/mol. The van der Waals surface area contributed by atoms with Crippen LogP contribution in [0.25, 0.3) is 0 Å². The number of rotatable bonds is 35. The highest BCUT2D eigenvalue weighted by Gasteiger charge is 2.51. The maximum absolute atomic E-state index is 13.1. The standard InChI is InChI=1S/C52H85NO13/c1-3-5-7-9-11-12-13-14-15-16-17-18-19-20-21-22-23-24-25-26-27-28-30-32-34-36-44(57)53-40(41(56)35-33-31-29-10-8-6-4-2)39-63-51-49(62)47(60)50(43(38-55)65-51)66-52-48(61)46(59)45(58)42(37-54)64-52/h5,7-8,10-12,14-15,17-18,20-21,23-24,33,35,40-43,45-52,54-56,58-62H,3-4,6,9,13,16,19,22,25-32,34,36-39H2,1-2H3,(H,53,57)/b7-5-,10-8+,12-11-,15-14-,18-17-,21-20-,24-23-,35-33+. The minimum absolute atomic E-state index is 0.249. The van der Waals surface area contributed by atoms with Crippen LogP contribution in [-0.2, 0) is 23.7 Å². The first-order valence-electron chi connectivity index (χ1n) is 24.5. The first-order chi connectivity index (χ1) is 32.1. The van der Waals surface area contributed by atoms with E-state index in [2.05, 4.69) is 104 Å². The van der Waals surface area contributed by atoms with Gasteiger partial charge in [-0.15, -0.1) is 0 Å². The molecule has 2 fully saturated rings. The molecule has 0 spiro atoms. The maximum Gasteiger partial charge on any atom is 0.220 e. The molecular formula is C52H85NO13. The number of aliphatic hydroxyl groups is 8. The lowest BCUT2D eigenvalue weighted by Gasteiger charge is -2.46. The molecule has 0 aliphatic carbocycles. The summed E-state index contributed by atoms with van der Waals surface area (Å²) >= 11 is 0. The molecule has 376 valence electrons. The van der Waals surface area contributed by atoms with Gasteiger partial charge in [-0.05, 0) is 77.0 Å². The largest absolute Gasteiger partial charge is 0.394 e. The molecule has 2 aliphatic rings. The minimum Gasteiger partial charge on any atom is -0.394 e. The number of nitrogens with one attached hydrogen (secondary N) is 1. The fourth-order valence-corrected chi connectivity index (χ4v) is 7.26. The van der Waals surface area contributed by atoms with E-state index in [4.69, 9.17) is 18.9 Å². The number of amides is 1. The minimum atomic E-state index is -1.80. The number of unbranched alkanes of at least 4 members (excludes halogenated alkanes) is 8. The van der Waals surface area contributed by atoms with Gasteiger partial charge in [0.05, 0.1) is 32.0 Å². The molecular weight excluding hydrogens is 847 g/mol. The van der Waals surface area contributed by atoms with E-state index < -0.39 is 86.8 Å². The Bertz CT molecular complexity index is 1470. The zero-order valence-corrected chi connectivity index (χ0v) is 39.6. The van der Waals surface area contributed by atoms with Gasteiger partial charge in [0.1, 0.15) is 48.8 Å². The Hall–Kier alpha value is -3.09. The van der Waals surface area contributed by atoms with E-state index in [-0.39, 0.29) is 18.9 Å². The number of aliphatic hydroxyl groups excluding tert-OH is 8. The Morgan fingerprint density at radius 3 is 1.65 bits per heavy atom.